The Morgan fingerprint density at radius 1 is 1.16 bits per heavy atom. The number of hydrogen-bond acceptors (Lipinski definition) is 6. The number of halogens is 1. The van der Waals surface area contributed by atoms with Crippen molar-refractivity contribution in [1.29, 1.82) is 0 Å². The topological polar surface area (TPSA) is 91.9 Å². The molecule has 204 valence electrons. The summed E-state index contributed by atoms with van der Waals surface area (Å²) in [5, 5.41) is 8.12. The second-order valence-corrected chi connectivity index (χ2v) is 17.7. The zero-order valence-electron chi connectivity index (χ0n) is 22.2. The van der Waals surface area contributed by atoms with Crippen molar-refractivity contribution in [2.24, 2.45) is 0 Å². The number of nitrogens with one attached hydrogen (secondary N) is 3. The summed E-state index contributed by atoms with van der Waals surface area (Å²) < 4.78 is 39.6. The van der Waals surface area contributed by atoms with E-state index in [-0.39, 0.29) is 26.7 Å². The maximum atomic E-state index is 13.8. The summed E-state index contributed by atoms with van der Waals surface area (Å²) in [6.07, 6.45) is 1.69. The van der Waals surface area contributed by atoms with Crippen LogP contribution >= 0.6 is 23.8 Å². The average molecular weight is 585 g/mol. The van der Waals surface area contributed by atoms with Crippen LogP contribution in [0.15, 0.2) is 47.4 Å². The van der Waals surface area contributed by atoms with Crippen molar-refractivity contribution in [3.8, 4) is 5.75 Å². The number of sulfonamides is 1. The highest BCUT2D eigenvalue weighted by molar-refractivity contribution is 7.89. The van der Waals surface area contributed by atoms with Crippen LogP contribution in [-0.2, 0) is 14.8 Å². The monoisotopic (exact) mass is 584 g/mol. The van der Waals surface area contributed by atoms with E-state index >= 15 is 0 Å². The number of ether oxygens (including phenoxy) is 1. The van der Waals surface area contributed by atoms with Gasteiger partial charge in [-0.3, -0.25) is 0 Å². The van der Waals surface area contributed by atoms with E-state index in [1.54, 1.807) is 24.3 Å². The van der Waals surface area contributed by atoms with Gasteiger partial charge in [0.15, 0.2) is 5.11 Å². The molecule has 2 aromatic carbocycles. The first-order valence-electron chi connectivity index (χ1n) is 12.2. The van der Waals surface area contributed by atoms with Crippen LogP contribution in [-0.4, -0.2) is 53.2 Å². The van der Waals surface area contributed by atoms with Gasteiger partial charge in [-0.25, -0.2) is 13.4 Å². The fraction of sp³-hybridized carbons (Fsp3) is 0.480. The average Bonchev–Trinajstić information content (AvgIpc) is 3.21. The van der Waals surface area contributed by atoms with E-state index in [9.17, 15) is 8.42 Å². The Kier molecular flexibility index (Phi) is 9.65. The summed E-state index contributed by atoms with van der Waals surface area (Å²) in [5.74, 6) is 0.159. The van der Waals surface area contributed by atoms with E-state index in [0.717, 1.165) is 18.5 Å². The van der Waals surface area contributed by atoms with Crippen molar-refractivity contribution in [3.63, 3.8) is 0 Å². The van der Waals surface area contributed by atoms with Gasteiger partial charge in [0.05, 0.1) is 17.3 Å². The van der Waals surface area contributed by atoms with Crippen molar-refractivity contribution in [2.45, 2.75) is 62.7 Å². The maximum absolute atomic E-state index is 13.8. The first-order valence-corrected chi connectivity index (χ1v) is 17.4. The van der Waals surface area contributed by atoms with E-state index in [0.29, 0.717) is 24.0 Å². The standard InChI is InChI=1S/C25H37ClN4O4S2Si/c1-25(2,3)37(5,6)34-22-21(28-24(35)27-18-11-8-7-9-12-18)15-14-20(26)23(22)36(31,32)29-30-16-10-13-19(30)17-33-4/h7-9,11-12,14-15,19,29H,10,13,16-17H2,1-6H3,(H2,27,28,35)/t19-/m0/s1. The van der Waals surface area contributed by atoms with Gasteiger partial charge in [-0.2, -0.15) is 0 Å². The molecule has 0 amide bonds. The van der Waals surface area contributed by atoms with Crippen LogP contribution in [0.5, 0.6) is 5.75 Å². The molecule has 0 aliphatic carbocycles. The first kappa shape index (κ1) is 29.8. The van der Waals surface area contributed by atoms with Gasteiger partial charge in [-0.1, -0.05) is 50.6 Å². The van der Waals surface area contributed by atoms with Crippen LogP contribution in [0.2, 0.25) is 23.2 Å². The zero-order valence-corrected chi connectivity index (χ0v) is 25.6. The van der Waals surface area contributed by atoms with E-state index in [2.05, 4.69) is 49.3 Å². The molecule has 12 heteroatoms. The van der Waals surface area contributed by atoms with Gasteiger partial charge in [-0.05, 0) is 67.5 Å². The van der Waals surface area contributed by atoms with E-state index in [4.69, 9.17) is 33.0 Å². The van der Waals surface area contributed by atoms with Crippen LogP contribution in [0.3, 0.4) is 0 Å². The molecule has 1 fully saturated rings. The number of rotatable bonds is 9. The molecule has 1 heterocycles. The predicted octanol–water partition coefficient (Wildman–Crippen LogP) is 5.84. The summed E-state index contributed by atoms with van der Waals surface area (Å²) in [7, 11) is -5.00. The lowest BCUT2D eigenvalue weighted by molar-refractivity contribution is 0.104. The van der Waals surface area contributed by atoms with E-state index < -0.39 is 18.3 Å². The maximum Gasteiger partial charge on any atom is 0.258 e. The molecule has 37 heavy (non-hydrogen) atoms. The number of para-hydroxylation sites is 1. The SMILES string of the molecule is COC[C@@H]1CCCN1NS(=O)(=O)c1c(Cl)ccc(NC(=S)Nc2ccccc2)c1O[Si](C)(C)C(C)(C)C. The zero-order chi connectivity index (χ0) is 27.4. The van der Waals surface area contributed by atoms with Crippen LogP contribution in [0.1, 0.15) is 33.6 Å². The van der Waals surface area contributed by atoms with Crippen LogP contribution in [0, 0.1) is 0 Å². The minimum Gasteiger partial charge on any atom is -0.541 e. The molecule has 1 aliphatic heterocycles. The highest BCUT2D eigenvalue weighted by atomic mass is 35.5. The Bertz CT molecular complexity index is 1210. The van der Waals surface area contributed by atoms with Crippen LogP contribution in [0.25, 0.3) is 0 Å². The third-order valence-corrected chi connectivity index (χ3v) is 13.1. The minimum absolute atomic E-state index is 0.0627. The molecule has 1 aliphatic rings. The second kappa shape index (κ2) is 12.0. The minimum atomic E-state index is -4.11. The highest BCUT2D eigenvalue weighted by Gasteiger charge is 2.42. The summed E-state index contributed by atoms with van der Waals surface area (Å²) in [6, 6.07) is 12.6. The lowest BCUT2D eigenvalue weighted by Gasteiger charge is -2.38. The van der Waals surface area contributed by atoms with Crippen LogP contribution in [0.4, 0.5) is 11.4 Å². The molecule has 0 aromatic heterocycles. The molecule has 0 unspecified atom stereocenters. The smallest absolute Gasteiger partial charge is 0.258 e. The van der Waals surface area contributed by atoms with Gasteiger partial charge < -0.3 is 19.8 Å². The Labute approximate surface area is 232 Å². The normalized spacial score (nSPS) is 17.0. The second-order valence-electron chi connectivity index (χ2n) is 10.6. The summed E-state index contributed by atoms with van der Waals surface area (Å²) >= 11 is 12.1. The Hall–Kier alpha value is -1.73. The number of benzene rings is 2. The molecule has 0 saturated carbocycles. The highest BCUT2D eigenvalue weighted by Crippen LogP contribution is 2.44. The quantitative estimate of drug-likeness (QED) is 0.250. The summed E-state index contributed by atoms with van der Waals surface area (Å²) in [4.78, 5) is 2.62. The third-order valence-electron chi connectivity index (χ3n) is 6.75. The molecule has 3 N–H and O–H groups in total. The third kappa shape index (κ3) is 7.44. The van der Waals surface area contributed by atoms with Crippen molar-refractivity contribution >= 4 is 58.6 Å². The lowest BCUT2D eigenvalue weighted by atomic mass is 10.2. The number of anilines is 2. The Morgan fingerprint density at radius 2 is 1.84 bits per heavy atom. The lowest BCUT2D eigenvalue weighted by Crippen LogP contribution is -2.47. The number of thiocarbonyl (C=S) groups is 1. The molecule has 1 saturated heterocycles. The largest absolute Gasteiger partial charge is 0.541 e. The fourth-order valence-corrected chi connectivity index (χ4v) is 6.87. The van der Waals surface area contributed by atoms with Gasteiger partial charge >= 0.3 is 0 Å². The molecule has 0 bridgehead atoms. The molecule has 3 rings (SSSR count). The van der Waals surface area contributed by atoms with Gasteiger partial charge in [0.25, 0.3) is 18.3 Å². The van der Waals surface area contributed by atoms with Gasteiger partial charge in [0, 0.05) is 25.4 Å². The number of hydrogen-bond donors (Lipinski definition) is 3. The summed E-state index contributed by atoms with van der Waals surface area (Å²) in [6.45, 7) is 11.4. The Morgan fingerprint density at radius 3 is 2.46 bits per heavy atom. The number of methoxy groups -OCH3 is 1. The van der Waals surface area contributed by atoms with E-state index in [1.807, 2.05) is 30.3 Å². The molecular weight excluding hydrogens is 548 g/mol. The van der Waals surface area contributed by atoms with Crippen molar-refractivity contribution < 1.29 is 17.6 Å². The molecule has 2 aromatic rings. The molecule has 0 spiro atoms. The molecule has 8 nitrogen and oxygen atoms in total. The van der Waals surface area contributed by atoms with Gasteiger partial charge in [-0.15, -0.1) is 4.83 Å². The predicted molar refractivity (Wildman–Crippen MR) is 157 cm³/mol. The molecule has 1 atom stereocenters. The fourth-order valence-electron chi connectivity index (χ4n) is 3.72. The number of hydrazine groups is 1. The molecular formula is C25H37ClN4O4S2Si. The first-order chi connectivity index (χ1) is 17.2. The van der Waals surface area contributed by atoms with Gasteiger partial charge in [0.2, 0.25) is 0 Å². The molecule has 0 radical (unpaired) electrons. The Balaban J connectivity index is 2.04. The van der Waals surface area contributed by atoms with Crippen LogP contribution < -0.4 is 19.9 Å². The van der Waals surface area contributed by atoms with Gasteiger partial charge in [0.1, 0.15) is 10.6 Å². The van der Waals surface area contributed by atoms with Crippen molar-refractivity contribution in [2.75, 3.05) is 30.9 Å². The van der Waals surface area contributed by atoms with Crippen molar-refractivity contribution in [3.05, 3.63) is 47.5 Å². The number of nitrogens with zero attached hydrogens (tertiary/aromatic N) is 1. The van der Waals surface area contributed by atoms with E-state index in [1.165, 1.54) is 0 Å². The summed E-state index contributed by atoms with van der Waals surface area (Å²) in [5.41, 5.74) is 1.21. The van der Waals surface area contributed by atoms with Crippen molar-refractivity contribution in [1.82, 2.24) is 9.84 Å².